The Balaban J connectivity index is 1.48. The monoisotopic (exact) mass is 422 g/mol. The van der Waals surface area contributed by atoms with Crippen LogP contribution in [0.4, 0.5) is 23.1 Å². The number of nitrogens with one attached hydrogen (secondary N) is 1. The molecule has 0 fully saturated rings. The number of nitrogens with zero attached hydrogens (tertiary/aromatic N) is 5. The summed E-state index contributed by atoms with van der Waals surface area (Å²) >= 11 is 6.48. The van der Waals surface area contributed by atoms with Crippen molar-refractivity contribution in [2.75, 3.05) is 37.5 Å². The maximum Gasteiger partial charge on any atom is 0.237 e. The molecule has 0 saturated carbocycles. The molecule has 30 heavy (non-hydrogen) atoms. The number of pyridine rings is 1. The Morgan fingerprint density at radius 1 is 1.10 bits per heavy atom. The molecular formula is C22H23ClN6O. The van der Waals surface area contributed by atoms with Gasteiger partial charge in [-0.15, -0.1) is 0 Å². The molecule has 0 amide bonds. The Hall–Kier alpha value is -2.90. The summed E-state index contributed by atoms with van der Waals surface area (Å²) in [4.78, 5) is 18.2. The average Bonchev–Trinajstić information content (AvgIpc) is 3.18. The SMILES string of the molecule is COc1nc2c(cc1Nc1ncc(Cl)c(N3CCc4ccccc43)n1)CN(C)CC2. The minimum absolute atomic E-state index is 0.461. The minimum atomic E-state index is 0.461. The van der Waals surface area contributed by atoms with Crippen LogP contribution in [0.2, 0.25) is 5.02 Å². The van der Waals surface area contributed by atoms with Crippen molar-refractivity contribution in [1.29, 1.82) is 0 Å². The van der Waals surface area contributed by atoms with E-state index in [-0.39, 0.29) is 0 Å². The Bertz CT molecular complexity index is 1100. The number of para-hydroxylation sites is 1. The summed E-state index contributed by atoms with van der Waals surface area (Å²) in [7, 11) is 3.74. The van der Waals surface area contributed by atoms with E-state index >= 15 is 0 Å². The predicted molar refractivity (Wildman–Crippen MR) is 118 cm³/mol. The summed E-state index contributed by atoms with van der Waals surface area (Å²) in [6, 6.07) is 10.4. The molecule has 2 aliphatic rings. The van der Waals surface area contributed by atoms with E-state index in [4.69, 9.17) is 26.3 Å². The second-order valence-corrected chi connectivity index (χ2v) is 8.07. The lowest BCUT2D eigenvalue weighted by atomic mass is 10.1. The number of fused-ring (bicyclic) bond motifs is 2. The van der Waals surface area contributed by atoms with E-state index in [1.54, 1.807) is 13.3 Å². The van der Waals surface area contributed by atoms with Crippen LogP contribution in [0.3, 0.4) is 0 Å². The molecule has 0 radical (unpaired) electrons. The van der Waals surface area contributed by atoms with Crippen molar-refractivity contribution in [3.63, 3.8) is 0 Å². The number of hydrogen-bond donors (Lipinski definition) is 1. The van der Waals surface area contributed by atoms with Gasteiger partial charge < -0.3 is 19.9 Å². The molecule has 0 atom stereocenters. The molecule has 0 spiro atoms. The number of halogens is 1. The lowest BCUT2D eigenvalue weighted by molar-refractivity contribution is 0.307. The van der Waals surface area contributed by atoms with Gasteiger partial charge >= 0.3 is 0 Å². The molecule has 5 rings (SSSR count). The van der Waals surface area contributed by atoms with Crippen molar-refractivity contribution < 1.29 is 4.74 Å². The first-order valence-corrected chi connectivity index (χ1v) is 10.4. The van der Waals surface area contributed by atoms with E-state index in [0.717, 1.165) is 49.5 Å². The van der Waals surface area contributed by atoms with Crippen LogP contribution in [0.15, 0.2) is 36.5 Å². The summed E-state index contributed by atoms with van der Waals surface area (Å²) in [5.41, 5.74) is 5.46. The summed E-state index contributed by atoms with van der Waals surface area (Å²) in [5, 5.41) is 3.81. The maximum absolute atomic E-state index is 6.48. The van der Waals surface area contributed by atoms with Crippen LogP contribution in [0, 0.1) is 0 Å². The fourth-order valence-electron chi connectivity index (χ4n) is 4.13. The summed E-state index contributed by atoms with van der Waals surface area (Å²) in [6.45, 7) is 2.70. The van der Waals surface area contributed by atoms with Crippen LogP contribution in [0.25, 0.3) is 0 Å². The molecule has 0 bridgehead atoms. The predicted octanol–water partition coefficient (Wildman–Crippen LogP) is 3.96. The largest absolute Gasteiger partial charge is 0.480 e. The molecule has 2 aliphatic heterocycles. The maximum atomic E-state index is 6.48. The van der Waals surface area contributed by atoms with Crippen LogP contribution in [0.1, 0.15) is 16.8 Å². The van der Waals surface area contributed by atoms with E-state index in [1.165, 1.54) is 11.1 Å². The first kappa shape index (κ1) is 19.1. The van der Waals surface area contributed by atoms with Gasteiger partial charge in [0.1, 0.15) is 10.7 Å². The van der Waals surface area contributed by atoms with Gasteiger partial charge in [0, 0.05) is 31.7 Å². The number of rotatable bonds is 4. The number of anilines is 4. The third kappa shape index (κ3) is 3.44. The molecule has 1 N–H and O–H groups in total. The molecule has 7 nitrogen and oxygen atoms in total. The number of ether oxygens (including phenoxy) is 1. The molecule has 0 aliphatic carbocycles. The Kier molecular flexibility index (Phi) is 4.92. The molecule has 0 unspecified atom stereocenters. The number of hydrogen-bond acceptors (Lipinski definition) is 7. The van der Waals surface area contributed by atoms with Crippen LogP contribution < -0.4 is 15.0 Å². The molecule has 8 heteroatoms. The normalized spacial score (nSPS) is 15.6. The highest BCUT2D eigenvalue weighted by molar-refractivity contribution is 6.33. The first-order chi connectivity index (χ1) is 14.6. The molecule has 154 valence electrons. The van der Waals surface area contributed by atoms with E-state index in [1.807, 2.05) is 6.07 Å². The number of aromatic nitrogens is 3. The van der Waals surface area contributed by atoms with Crippen molar-refractivity contribution in [1.82, 2.24) is 19.9 Å². The van der Waals surface area contributed by atoms with Gasteiger partial charge in [0.15, 0.2) is 5.82 Å². The van der Waals surface area contributed by atoms with Gasteiger partial charge in [0.05, 0.1) is 19.0 Å². The van der Waals surface area contributed by atoms with E-state index in [0.29, 0.717) is 22.7 Å². The van der Waals surface area contributed by atoms with Gasteiger partial charge in [0.25, 0.3) is 0 Å². The minimum Gasteiger partial charge on any atom is -0.480 e. The molecular weight excluding hydrogens is 400 g/mol. The van der Waals surface area contributed by atoms with E-state index in [9.17, 15) is 0 Å². The Morgan fingerprint density at radius 3 is 2.83 bits per heavy atom. The topological polar surface area (TPSA) is 66.4 Å². The third-order valence-electron chi connectivity index (χ3n) is 5.63. The smallest absolute Gasteiger partial charge is 0.237 e. The van der Waals surface area contributed by atoms with Crippen LogP contribution in [-0.4, -0.2) is 47.1 Å². The molecule has 0 saturated heterocycles. The van der Waals surface area contributed by atoms with E-state index < -0.39 is 0 Å². The summed E-state index contributed by atoms with van der Waals surface area (Å²) < 4.78 is 5.53. The fourth-order valence-corrected chi connectivity index (χ4v) is 4.32. The van der Waals surface area contributed by atoms with Gasteiger partial charge in [-0.05, 0) is 36.7 Å². The zero-order valence-electron chi connectivity index (χ0n) is 17.0. The standard InChI is InChI=1S/C22H23ClN6O/c1-28-9-8-17-15(13-28)11-18(21(25-17)30-2)26-22-24-12-16(23)20(27-22)29-10-7-14-5-3-4-6-19(14)29/h3-6,11-12H,7-10,13H2,1-2H3,(H,24,26,27). The van der Waals surface area contributed by atoms with Gasteiger partial charge in [0.2, 0.25) is 11.8 Å². The van der Waals surface area contributed by atoms with Crippen LogP contribution in [0.5, 0.6) is 5.88 Å². The lowest BCUT2D eigenvalue weighted by Crippen LogP contribution is -2.27. The summed E-state index contributed by atoms with van der Waals surface area (Å²) in [5.74, 6) is 1.71. The highest BCUT2D eigenvalue weighted by atomic mass is 35.5. The van der Waals surface area contributed by atoms with Gasteiger partial charge in [-0.3, -0.25) is 0 Å². The second-order valence-electron chi connectivity index (χ2n) is 7.66. The van der Waals surface area contributed by atoms with E-state index in [2.05, 4.69) is 51.4 Å². The Labute approximate surface area is 180 Å². The average molecular weight is 423 g/mol. The zero-order valence-corrected chi connectivity index (χ0v) is 17.8. The van der Waals surface area contributed by atoms with Gasteiger partial charge in [-0.25, -0.2) is 9.97 Å². The number of methoxy groups -OCH3 is 1. The van der Waals surface area contributed by atoms with Crippen LogP contribution >= 0.6 is 11.6 Å². The highest BCUT2D eigenvalue weighted by Crippen LogP contribution is 2.37. The third-order valence-corrected chi connectivity index (χ3v) is 5.90. The fraction of sp³-hybridized carbons (Fsp3) is 0.318. The number of likely N-dealkylation sites (N-methyl/N-ethyl adjacent to an activating group) is 1. The Morgan fingerprint density at radius 2 is 1.97 bits per heavy atom. The molecule has 1 aromatic carbocycles. The first-order valence-electron chi connectivity index (χ1n) is 10.0. The highest BCUT2D eigenvalue weighted by Gasteiger charge is 2.24. The molecule has 4 heterocycles. The number of benzene rings is 1. The summed E-state index contributed by atoms with van der Waals surface area (Å²) in [6.07, 6.45) is 3.52. The van der Waals surface area contributed by atoms with Crippen LogP contribution in [-0.2, 0) is 19.4 Å². The zero-order chi connectivity index (χ0) is 20.7. The second kappa shape index (κ2) is 7.74. The van der Waals surface area contributed by atoms with Crippen molar-refractivity contribution in [2.45, 2.75) is 19.4 Å². The van der Waals surface area contributed by atoms with Gasteiger partial charge in [-0.1, -0.05) is 29.8 Å². The quantitative estimate of drug-likeness (QED) is 0.682. The van der Waals surface area contributed by atoms with Crippen molar-refractivity contribution in [2.24, 2.45) is 0 Å². The van der Waals surface area contributed by atoms with Gasteiger partial charge in [-0.2, -0.15) is 4.98 Å². The molecule has 3 aromatic rings. The van der Waals surface area contributed by atoms with Crippen molar-refractivity contribution in [3.05, 3.63) is 58.4 Å². The van der Waals surface area contributed by atoms with Crippen molar-refractivity contribution >= 4 is 34.7 Å². The molecule has 2 aromatic heterocycles. The lowest BCUT2D eigenvalue weighted by Gasteiger charge is -2.25. The van der Waals surface area contributed by atoms with Crippen molar-refractivity contribution in [3.8, 4) is 5.88 Å².